The van der Waals surface area contributed by atoms with E-state index in [0.29, 0.717) is 6.04 Å². The molecule has 3 nitrogen and oxygen atoms in total. The summed E-state index contributed by atoms with van der Waals surface area (Å²) in [5.41, 5.74) is 7.29. The van der Waals surface area contributed by atoms with Crippen molar-refractivity contribution in [2.45, 2.75) is 38.6 Å². The Morgan fingerprint density at radius 2 is 1.80 bits per heavy atom. The third kappa shape index (κ3) is 3.45. The summed E-state index contributed by atoms with van der Waals surface area (Å²) in [5.74, 6) is 2.51. The van der Waals surface area contributed by atoms with Crippen LogP contribution in [-0.4, -0.2) is 26.7 Å². The van der Waals surface area contributed by atoms with Crippen LogP contribution < -0.4 is 15.4 Å². The van der Waals surface area contributed by atoms with Gasteiger partial charge in [0.1, 0.15) is 5.75 Å². The van der Waals surface area contributed by atoms with Crippen molar-refractivity contribution in [2.75, 3.05) is 25.6 Å². The number of rotatable bonds is 5. The van der Waals surface area contributed by atoms with Crippen molar-refractivity contribution in [1.29, 1.82) is 0 Å². The first-order valence-corrected chi connectivity index (χ1v) is 7.72. The van der Waals surface area contributed by atoms with Gasteiger partial charge in [-0.25, -0.2) is 0 Å². The zero-order chi connectivity index (χ0) is 14.5. The molecule has 1 saturated carbocycles. The zero-order valence-corrected chi connectivity index (χ0v) is 13.0. The summed E-state index contributed by atoms with van der Waals surface area (Å²) in [6.07, 6.45) is 5.31. The van der Waals surface area contributed by atoms with Crippen LogP contribution >= 0.6 is 0 Å². The Balaban J connectivity index is 2.05. The van der Waals surface area contributed by atoms with Gasteiger partial charge in [0.25, 0.3) is 0 Å². The van der Waals surface area contributed by atoms with Gasteiger partial charge in [0.15, 0.2) is 0 Å². The van der Waals surface area contributed by atoms with Gasteiger partial charge in [-0.2, -0.15) is 0 Å². The van der Waals surface area contributed by atoms with Crippen LogP contribution in [-0.2, 0) is 0 Å². The molecular formula is C17H28N2O. The summed E-state index contributed by atoms with van der Waals surface area (Å²) in [6.45, 7) is 3.09. The summed E-state index contributed by atoms with van der Waals surface area (Å²) < 4.78 is 5.22. The van der Waals surface area contributed by atoms with Gasteiger partial charge in [-0.1, -0.05) is 19.8 Å². The number of methoxy groups -OCH3 is 1. The molecule has 0 bridgehead atoms. The minimum absolute atomic E-state index is 0.441. The van der Waals surface area contributed by atoms with Gasteiger partial charge in [0, 0.05) is 25.3 Å². The molecule has 3 heteroatoms. The Labute approximate surface area is 123 Å². The number of hydrogen-bond donors (Lipinski definition) is 1. The van der Waals surface area contributed by atoms with Crippen molar-refractivity contribution in [3.8, 4) is 5.75 Å². The zero-order valence-electron chi connectivity index (χ0n) is 13.0. The molecule has 1 aliphatic carbocycles. The molecule has 2 N–H and O–H groups in total. The average Bonchev–Trinajstić information content (AvgIpc) is 2.50. The van der Waals surface area contributed by atoms with Crippen LogP contribution in [0, 0.1) is 11.8 Å². The molecule has 0 spiro atoms. The Hall–Kier alpha value is -1.22. The molecule has 0 heterocycles. The van der Waals surface area contributed by atoms with Crippen LogP contribution in [0.15, 0.2) is 24.3 Å². The Kier molecular flexibility index (Phi) is 5.30. The van der Waals surface area contributed by atoms with Crippen molar-refractivity contribution in [1.82, 2.24) is 0 Å². The second-order valence-electron chi connectivity index (χ2n) is 6.13. The fourth-order valence-corrected chi connectivity index (χ4v) is 3.35. The smallest absolute Gasteiger partial charge is 0.119 e. The quantitative estimate of drug-likeness (QED) is 0.897. The highest BCUT2D eigenvalue weighted by Crippen LogP contribution is 2.33. The fourth-order valence-electron chi connectivity index (χ4n) is 3.35. The Morgan fingerprint density at radius 3 is 2.30 bits per heavy atom. The summed E-state index contributed by atoms with van der Waals surface area (Å²) in [6, 6.07) is 8.71. The molecule has 0 amide bonds. The minimum Gasteiger partial charge on any atom is -0.497 e. The maximum absolute atomic E-state index is 6.07. The predicted octanol–water partition coefficient (Wildman–Crippen LogP) is 3.29. The lowest BCUT2D eigenvalue weighted by atomic mass is 9.78. The fraction of sp³-hybridized carbons (Fsp3) is 0.647. The van der Waals surface area contributed by atoms with E-state index in [-0.39, 0.29) is 0 Å². The molecule has 1 aliphatic rings. The van der Waals surface area contributed by atoms with Crippen molar-refractivity contribution < 1.29 is 4.74 Å². The first-order valence-electron chi connectivity index (χ1n) is 7.72. The maximum Gasteiger partial charge on any atom is 0.119 e. The number of nitrogens with two attached hydrogens (primary N) is 1. The van der Waals surface area contributed by atoms with Gasteiger partial charge in [0.05, 0.1) is 7.11 Å². The number of nitrogens with zero attached hydrogens (tertiary/aromatic N) is 1. The lowest BCUT2D eigenvalue weighted by Gasteiger charge is -2.38. The predicted molar refractivity (Wildman–Crippen MR) is 85.4 cm³/mol. The molecule has 20 heavy (non-hydrogen) atoms. The van der Waals surface area contributed by atoms with Gasteiger partial charge in [0.2, 0.25) is 0 Å². The molecule has 1 atom stereocenters. The number of likely N-dealkylation sites (N-methyl/N-ethyl adjacent to an activating group) is 1. The summed E-state index contributed by atoms with van der Waals surface area (Å²) in [5, 5.41) is 0. The molecule has 0 saturated heterocycles. The van der Waals surface area contributed by atoms with Crippen LogP contribution in [0.25, 0.3) is 0 Å². The second kappa shape index (κ2) is 6.98. The van der Waals surface area contributed by atoms with E-state index in [1.165, 1.54) is 31.4 Å². The molecule has 2 rings (SSSR count). The lowest BCUT2D eigenvalue weighted by Crippen LogP contribution is -2.44. The van der Waals surface area contributed by atoms with Crippen LogP contribution in [0.3, 0.4) is 0 Å². The molecule has 0 radical (unpaired) electrons. The largest absolute Gasteiger partial charge is 0.497 e. The number of ether oxygens (including phenoxy) is 1. The Morgan fingerprint density at radius 1 is 1.20 bits per heavy atom. The van der Waals surface area contributed by atoms with E-state index in [1.54, 1.807) is 7.11 Å². The van der Waals surface area contributed by atoms with Crippen LogP contribution in [0.1, 0.15) is 32.6 Å². The molecule has 1 unspecified atom stereocenters. The SMILES string of the molecule is COc1ccc(N(C)C(CN)C2CCC(C)CC2)cc1. The van der Waals surface area contributed by atoms with E-state index >= 15 is 0 Å². The second-order valence-corrected chi connectivity index (χ2v) is 6.13. The molecule has 1 aromatic rings. The topological polar surface area (TPSA) is 38.5 Å². The van der Waals surface area contributed by atoms with Crippen LogP contribution in [0.4, 0.5) is 5.69 Å². The van der Waals surface area contributed by atoms with Crippen molar-refractivity contribution >= 4 is 5.69 Å². The highest BCUT2D eigenvalue weighted by Gasteiger charge is 2.28. The third-order valence-corrected chi connectivity index (χ3v) is 4.82. The number of anilines is 1. The van der Waals surface area contributed by atoms with Crippen molar-refractivity contribution in [2.24, 2.45) is 17.6 Å². The minimum atomic E-state index is 0.441. The van der Waals surface area contributed by atoms with Crippen LogP contribution in [0.2, 0.25) is 0 Å². The molecule has 1 fully saturated rings. The first kappa shape index (κ1) is 15.2. The van der Waals surface area contributed by atoms with Crippen molar-refractivity contribution in [3.05, 3.63) is 24.3 Å². The summed E-state index contributed by atoms with van der Waals surface area (Å²) in [7, 11) is 3.86. The molecule has 112 valence electrons. The van der Waals surface area contributed by atoms with E-state index in [4.69, 9.17) is 10.5 Å². The highest BCUT2D eigenvalue weighted by molar-refractivity contribution is 5.49. The van der Waals surface area contributed by atoms with E-state index in [2.05, 4.69) is 31.0 Å². The Bertz CT molecular complexity index is 396. The van der Waals surface area contributed by atoms with E-state index in [0.717, 1.165) is 24.1 Å². The van der Waals surface area contributed by atoms with Gasteiger partial charge in [-0.15, -0.1) is 0 Å². The van der Waals surface area contributed by atoms with Crippen LogP contribution in [0.5, 0.6) is 5.75 Å². The normalized spacial score (nSPS) is 24.2. The molecule has 0 aromatic heterocycles. The van der Waals surface area contributed by atoms with Gasteiger partial charge in [-0.3, -0.25) is 0 Å². The molecule has 0 aliphatic heterocycles. The lowest BCUT2D eigenvalue weighted by molar-refractivity contribution is 0.253. The van der Waals surface area contributed by atoms with E-state index < -0.39 is 0 Å². The standard InChI is InChI=1S/C17H28N2O/c1-13-4-6-14(7-5-13)17(12-18)19(2)15-8-10-16(20-3)11-9-15/h8-11,13-14,17H,4-7,12,18H2,1-3H3. The molecule has 1 aromatic carbocycles. The van der Waals surface area contributed by atoms with Gasteiger partial charge in [-0.05, 0) is 48.9 Å². The maximum atomic E-state index is 6.07. The third-order valence-electron chi connectivity index (χ3n) is 4.82. The number of benzene rings is 1. The first-order chi connectivity index (χ1) is 9.65. The summed E-state index contributed by atoms with van der Waals surface area (Å²) in [4.78, 5) is 2.35. The number of hydrogen-bond acceptors (Lipinski definition) is 3. The van der Waals surface area contributed by atoms with E-state index in [9.17, 15) is 0 Å². The van der Waals surface area contributed by atoms with Gasteiger partial charge >= 0.3 is 0 Å². The summed E-state index contributed by atoms with van der Waals surface area (Å²) >= 11 is 0. The molecular weight excluding hydrogens is 248 g/mol. The van der Waals surface area contributed by atoms with Crippen molar-refractivity contribution in [3.63, 3.8) is 0 Å². The van der Waals surface area contributed by atoms with Gasteiger partial charge < -0.3 is 15.4 Å². The monoisotopic (exact) mass is 276 g/mol. The highest BCUT2D eigenvalue weighted by atomic mass is 16.5. The van der Waals surface area contributed by atoms with E-state index in [1.807, 2.05) is 12.1 Å². The average molecular weight is 276 g/mol.